The van der Waals surface area contributed by atoms with Crippen LogP contribution in [0.15, 0.2) is 24.3 Å². The van der Waals surface area contributed by atoms with E-state index in [9.17, 15) is 4.39 Å². The average molecular weight is 231 g/mol. The van der Waals surface area contributed by atoms with E-state index in [1.54, 1.807) is 6.07 Å². The number of alkyl halides is 1. The van der Waals surface area contributed by atoms with Gasteiger partial charge in [-0.05, 0) is 24.0 Å². The third-order valence-corrected chi connectivity index (χ3v) is 2.81. The molecule has 0 bridgehead atoms. The number of benzene rings is 1. The number of rotatable bonds is 3. The first-order valence-corrected chi connectivity index (χ1v) is 5.22. The zero-order valence-electron chi connectivity index (χ0n) is 7.06. The van der Waals surface area contributed by atoms with Gasteiger partial charge in [-0.1, -0.05) is 41.1 Å². The fourth-order valence-corrected chi connectivity index (χ4v) is 2.02. The second kappa shape index (κ2) is 4.61. The van der Waals surface area contributed by atoms with E-state index >= 15 is 0 Å². The van der Waals surface area contributed by atoms with Crippen LogP contribution in [0.25, 0.3) is 0 Å². The molecular formula is C10H12BrF. The third kappa shape index (κ3) is 2.07. The zero-order chi connectivity index (χ0) is 8.97. The number of hydrogen-bond acceptors (Lipinski definition) is 0. The largest absolute Gasteiger partial charge is 0.207 e. The first-order chi connectivity index (χ1) is 5.79. The van der Waals surface area contributed by atoms with Crippen molar-refractivity contribution in [1.82, 2.24) is 0 Å². The summed E-state index contributed by atoms with van der Waals surface area (Å²) in [7, 11) is 0. The number of halogens is 2. The van der Waals surface area contributed by atoms with E-state index in [1.165, 1.54) is 6.07 Å². The highest BCUT2D eigenvalue weighted by Crippen LogP contribution is 2.23. The molecule has 0 nitrogen and oxygen atoms in total. The molecule has 1 unspecified atom stereocenters. The van der Waals surface area contributed by atoms with Crippen molar-refractivity contribution in [2.24, 2.45) is 0 Å². The molecule has 1 aromatic rings. The monoisotopic (exact) mass is 230 g/mol. The van der Waals surface area contributed by atoms with E-state index in [0.29, 0.717) is 5.92 Å². The maximum absolute atomic E-state index is 13.2. The maximum atomic E-state index is 13.2. The van der Waals surface area contributed by atoms with Crippen LogP contribution < -0.4 is 0 Å². The Balaban J connectivity index is 2.92. The molecule has 0 heterocycles. The standard InChI is InChI=1S/C10H12BrF/c1-2-8(7-11)9-5-3-4-6-10(9)12/h3-6,8H,2,7H2,1H3. The molecule has 0 aliphatic carbocycles. The summed E-state index contributed by atoms with van der Waals surface area (Å²) in [4.78, 5) is 0. The molecule has 0 N–H and O–H groups in total. The maximum Gasteiger partial charge on any atom is 0.126 e. The van der Waals surface area contributed by atoms with Gasteiger partial charge in [-0.25, -0.2) is 4.39 Å². The first-order valence-electron chi connectivity index (χ1n) is 4.10. The van der Waals surface area contributed by atoms with Gasteiger partial charge in [-0.15, -0.1) is 0 Å². The molecule has 0 radical (unpaired) electrons. The molecule has 0 saturated carbocycles. The van der Waals surface area contributed by atoms with Crippen molar-refractivity contribution in [3.05, 3.63) is 35.6 Å². The SMILES string of the molecule is CCC(CBr)c1ccccc1F. The molecule has 12 heavy (non-hydrogen) atoms. The predicted molar refractivity (Wildman–Crippen MR) is 53.2 cm³/mol. The van der Waals surface area contributed by atoms with E-state index < -0.39 is 0 Å². The van der Waals surface area contributed by atoms with Crippen LogP contribution in [0.2, 0.25) is 0 Å². The van der Waals surface area contributed by atoms with Crippen molar-refractivity contribution in [1.29, 1.82) is 0 Å². The van der Waals surface area contributed by atoms with Crippen molar-refractivity contribution < 1.29 is 4.39 Å². The van der Waals surface area contributed by atoms with E-state index in [4.69, 9.17) is 0 Å². The normalized spacial score (nSPS) is 12.9. The average Bonchev–Trinajstić information content (AvgIpc) is 2.10. The van der Waals surface area contributed by atoms with E-state index in [-0.39, 0.29) is 5.82 Å². The Morgan fingerprint density at radius 1 is 1.42 bits per heavy atom. The smallest absolute Gasteiger partial charge is 0.126 e. The van der Waals surface area contributed by atoms with Crippen molar-refractivity contribution in [3.8, 4) is 0 Å². The molecule has 66 valence electrons. The summed E-state index contributed by atoms with van der Waals surface area (Å²) in [5.74, 6) is 0.204. The summed E-state index contributed by atoms with van der Waals surface area (Å²) in [6.45, 7) is 2.07. The molecule has 0 saturated heterocycles. The summed E-state index contributed by atoms with van der Waals surface area (Å²) >= 11 is 3.38. The van der Waals surface area contributed by atoms with Gasteiger partial charge in [0.05, 0.1) is 0 Å². The fourth-order valence-electron chi connectivity index (χ4n) is 1.22. The van der Waals surface area contributed by atoms with Crippen LogP contribution >= 0.6 is 15.9 Å². The molecular weight excluding hydrogens is 219 g/mol. The molecule has 0 fully saturated rings. The Labute approximate surface area is 80.9 Å². The molecule has 2 heteroatoms. The van der Waals surface area contributed by atoms with Gasteiger partial charge in [-0.2, -0.15) is 0 Å². The van der Waals surface area contributed by atoms with Crippen molar-refractivity contribution in [3.63, 3.8) is 0 Å². The van der Waals surface area contributed by atoms with Gasteiger partial charge in [0.2, 0.25) is 0 Å². The highest BCUT2D eigenvalue weighted by Gasteiger charge is 2.10. The fraction of sp³-hybridized carbons (Fsp3) is 0.400. The summed E-state index contributed by atoms with van der Waals surface area (Å²) in [6.07, 6.45) is 0.964. The van der Waals surface area contributed by atoms with Crippen LogP contribution in [0.5, 0.6) is 0 Å². The molecule has 0 aromatic heterocycles. The quantitative estimate of drug-likeness (QED) is 0.695. The van der Waals surface area contributed by atoms with Crippen LogP contribution in [-0.2, 0) is 0 Å². The van der Waals surface area contributed by atoms with E-state index in [2.05, 4.69) is 22.9 Å². The van der Waals surface area contributed by atoms with Crippen molar-refractivity contribution in [2.75, 3.05) is 5.33 Å². The molecule has 1 atom stereocenters. The van der Waals surface area contributed by atoms with Crippen LogP contribution in [0, 0.1) is 5.82 Å². The van der Waals surface area contributed by atoms with Crippen LogP contribution in [0.1, 0.15) is 24.8 Å². The van der Waals surface area contributed by atoms with Crippen LogP contribution in [-0.4, -0.2) is 5.33 Å². The Morgan fingerprint density at radius 2 is 2.08 bits per heavy atom. The lowest BCUT2D eigenvalue weighted by Crippen LogP contribution is -2.00. The highest BCUT2D eigenvalue weighted by atomic mass is 79.9. The third-order valence-electron chi connectivity index (χ3n) is 2.02. The molecule has 0 aliphatic rings. The van der Waals surface area contributed by atoms with E-state index in [1.807, 2.05) is 12.1 Å². The van der Waals surface area contributed by atoms with Gasteiger partial charge >= 0.3 is 0 Å². The minimum atomic E-state index is -0.0937. The number of hydrogen-bond donors (Lipinski definition) is 0. The van der Waals surface area contributed by atoms with Gasteiger partial charge in [-0.3, -0.25) is 0 Å². The second-order valence-corrected chi connectivity index (χ2v) is 3.43. The molecule has 1 rings (SSSR count). The lowest BCUT2D eigenvalue weighted by Gasteiger charge is -2.11. The van der Waals surface area contributed by atoms with E-state index in [0.717, 1.165) is 17.3 Å². The predicted octanol–water partition coefficient (Wildman–Crippen LogP) is 3.71. The minimum absolute atomic E-state index is 0.0937. The second-order valence-electron chi connectivity index (χ2n) is 2.78. The molecule has 0 spiro atoms. The summed E-state index contributed by atoms with van der Waals surface area (Å²) < 4.78 is 13.2. The zero-order valence-corrected chi connectivity index (χ0v) is 8.64. The Morgan fingerprint density at radius 3 is 2.58 bits per heavy atom. The topological polar surface area (TPSA) is 0 Å². The Bertz CT molecular complexity index is 243. The Kier molecular flexibility index (Phi) is 3.73. The highest BCUT2D eigenvalue weighted by molar-refractivity contribution is 9.09. The molecule has 1 aromatic carbocycles. The summed E-state index contributed by atoms with van der Waals surface area (Å²) in [5, 5.41) is 0.824. The lowest BCUT2D eigenvalue weighted by molar-refractivity contribution is 0.587. The van der Waals surface area contributed by atoms with Gasteiger partial charge in [0, 0.05) is 5.33 Å². The van der Waals surface area contributed by atoms with Gasteiger partial charge < -0.3 is 0 Å². The summed E-state index contributed by atoms with van der Waals surface area (Å²) in [6, 6.07) is 6.97. The first kappa shape index (κ1) is 9.72. The van der Waals surface area contributed by atoms with Gasteiger partial charge in [0.25, 0.3) is 0 Å². The van der Waals surface area contributed by atoms with Crippen molar-refractivity contribution >= 4 is 15.9 Å². The van der Waals surface area contributed by atoms with Crippen LogP contribution in [0.3, 0.4) is 0 Å². The van der Waals surface area contributed by atoms with Crippen LogP contribution in [0.4, 0.5) is 4.39 Å². The Hall–Kier alpha value is -0.370. The lowest BCUT2D eigenvalue weighted by atomic mass is 9.98. The van der Waals surface area contributed by atoms with Gasteiger partial charge in [0.15, 0.2) is 0 Å². The minimum Gasteiger partial charge on any atom is -0.207 e. The summed E-state index contributed by atoms with van der Waals surface area (Å²) in [5.41, 5.74) is 0.817. The molecule has 0 amide bonds. The van der Waals surface area contributed by atoms with Gasteiger partial charge in [0.1, 0.15) is 5.82 Å². The molecule has 0 aliphatic heterocycles. The van der Waals surface area contributed by atoms with Crippen molar-refractivity contribution in [2.45, 2.75) is 19.3 Å².